The van der Waals surface area contributed by atoms with Crippen LogP contribution in [0.1, 0.15) is 15.4 Å². The average molecular weight is 283 g/mol. The molecule has 0 aliphatic heterocycles. The highest BCUT2D eigenvalue weighted by molar-refractivity contribution is 9.10. The number of hydrogen-bond acceptors (Lipinski definition) is 4. The maximum Gasteiger partial charge on any atom is 0.180 e. The van der Waals surface area contributed by atoms with Gasteiger partial charge in [0.2, 0.25) is 0 Å². The van der Waals surface area contributed by atoms with E-state index in [1.807, 2.05) is 12.1 Å². The highest BCUT2D eigenvalue weighted by atomic mass is 79.9. The molecule has 0 spiro atoms. The zero-order chi connectivity index (χ0) is 10.7. The molecular weight excluding hydrogens is 276 g/mol. The molecule has 0 aromatic carbocycles. The first-order chi connectivity index (χ1) is 7.27. The average Bonchev–Trinajstić information content (AvgIpc) is 2.74. The number of nitrogens with zero attached hydrogens (tertiary/aromatic N) is 2. The van der Waals surface area contributed by atoms with Crippen LogP contribution in [-0.4, -0.2) is 15.8 Å². The molecule has 5 heteroatoms. The quantitative estimate of drug-likeness (QED) is 0.813. The number of carbonyl (C=O) groups is 1. The lowest BCUT2D eigenvalue weighted by atomic mass is 10.2. The van der Waals surface area contributed by atoms with Crippen molar-refractivity contribution in [3.63, 3.8) is 0 Å². The van der Waals surface area contributed by atoms with E-state index in [2.05, 4.69) is 25.9 Å². The molecule has 76 valence electrons. The lowest BCUT2D eigenvalue weighted by Gasteiger charge is -2.00. The SMILES string of the molecule is O=C(Cc1ncccc1Br)c1cncs1. The third-order valence-corrected chi connectivity index (χ3v) is 3.41. The van der Waals surface area contributed by atoms with Gasteiger partial charge in [-0.05, 0) is 28.1 Å². The van der Waals surface area contributed by atoms with Crippen LogP contribution in [0.4, 0.5) is 0 Å². The molecule has 0 unspecified atom stereocenters. The predicted molar refractivity (Wildman–Crippen MR) is 62.1 cm³/mol. The number of carbonyl (C=O) groups excluding carboxylic acids is 1. The van der Waals surface area contributed by atoms with Crippen molar-refractivity contribution in [1.29, 1.82) is 0 Å². The van der Waals surface area contributed by atoms with Gasteiger partial charge in [0.05, 0.1) is 22.5 Å². The molecule has 0 amide bonds. The lowest BCUT2D eigenvalue weighted by molar-refractivity contribution is 0.0995. The van der Waals surface area contributed by atoms with Gasteiger partial charge in [-0.3, -0.25) is 14.8 Å². The first-order valence-electron chi connectivity index (χ1n) is 4.28. The van der Waals surface area contributed by atoms with Gasteiger partial charge in [0.1, 0.15) is 0 Å². The van der Waals surface area contributed by atoms with Crippen molar-refractivity contribution in [3.8, 4) is 0 Å². The van der Waals surface area contributed by atoms with Gasteiger partial charge in [-0.1, -0.05) is 0 Å². The summed E-state index contributed by atoms with van der Waals surface area (Å²) in [6.07, 6.45) is 3.58. The molecule has 2 aromatic rings. The molecule has 0 radical (unpaired) electrons. The molecule has 3 nitrogen and oxygen atoms in total. The molecule has 0 N–H and O–H groups in total. The molecule has 0 aliphatic rings. The molecule has 0 bridgehead atoms. The van der Waals surface area contributed by atoms with Crippen molar-refractivity contribution < 1.29 is 4.79 Å². The van der Waals surface area contributed by atoms with Gasteiger partial charge in [-0.15, -0.1) is 11.3 Å². The number of hydrogen-bond donors (Lipinski definition) is 0. The van der Waals surface area contributed by atoms with Crippen molar-refractivity contribution in [1.82, 2.24) is 9.97 Å². The second-order valence-corrected chi connectivity index (χ2v) is 4.64. The third-order valence-electron chi connectivity index (χ3n) is 1.87. The van der Waals surface area contributed by atoms with E-state index in [0.717, 1.165) is 10.2 Å². The van der Waals surface area contributed by atoms with E-state index in [4.69, 9.17) is 0 Å². The third kappa shape index (κ3) is 2.49. The zero-order valence-corrected chi connectivity index (χ0v) is 10.1. The Morgan fingerprint density at radius 3 is 3.07 bits per heavy atom. The van der Waals surface area contributed by atoms with Crippen LogP contribution in [0, 0.1) is 0 Å². The highest BCUT2D eigenvalue weighted by Gasteiger charge is 2.11. The largest absolute Gasteiger partial charge is 0.293 e. The molecule has 0 aliphatic carbocycles. The van der Waals surface area contributed by atoms with Crippen molar-refractivity contribution in [2.45, 2.75) is 6.42 Å². The minimum Gasteiger partial charge on any atom is -0.293 e. The van der Waals surface area contributed by atoms with Crippen molar-refractivity contribution >= 4 is 33.0 Å². The summed E-state index contributed by atoms with van der Waals surface area (Å²) >= 11 is 4.71. The number of halogens is 1. The molecule has 2 aromatic heterocycles. The van der Waals surface area contributed by atoms with Gasteiger partial charge in [-0.25, -0.2) is 0 Å². The molecule has 0 atom stereocenters. The van der Waals surface area contributed by atoms with Gasteiger partial charge < -0.3 is 0 Å². The van der Waals surface area contributed by atoms with E-state index in [9.17, 15) is 4.79 Å². The summed E-state index contributed by atoms with van der Waals surface area (Å²) in [6, 6.07) is 3.70. The smallest absolute Gasteiger partial charge is 0.180 e. The fourth-order valence-electron chi connectivity index (χ4n) is 1.14. The summed E-state index contributed by atoms with van der Waals surface area (Å²) in [5.41, 5.74) is 2.41. The highest BCUT2D eigenvalue weighted by Crippen LogP contribution is 2.16. The maximum atomic E-state index is 11.7. The Hall–Kier alpha value is -1.07. The van der Waals surface area contributed by atoms with E-state index >= 15 is 0 Å². The first-order valence-corrected chi connectivity index (χ1v) is 5.95. The predicted octanol–water partition coefficient (Wildman–Crippen LogP) is 2.73. The van der Waals surface area contributed by atoms with Crippen molar-refractivity contribution in [2.24, 2.45) is 0 Å². The van der Waals surface area contributed by atoms with Crippen LogP contribution < -0.4 is 0 Å². The Kier molecular flexibility index (Phi) is 3.23. The second-order valence-electron chi connectivity index (χ2n) is 2.90. The first kappa shape index (κ1) is 10.4. The van der Waals surface area contributed by atoms with E-state index in [1.54, 1.807) is 17.9 Å². The van der Waals surface area contributed by atoms with Gasteiger partial charge in [0, 0.05) is 16.9 Å². The van der Waals surface area contributed by atoms with Crippen LogP contribution in [0.5, 0.6) is 0 Å². The summed E-state index contributed by atoms with van der Waals surface area (Å²) in [4.78, 5) is 20.4. The Labute approximate surface area is 99.3 Å². The van der Waals surface area contributed by atoms with Gasteiger partial charge in [0.25, 0.3) is 0 Å². The molecule has 0 fully saturated rings. The molecule has 15 heavy (non-hydrogen) atoms. The van der Waals surface area contributed by atoms with E-state index < -0.39 is 0 Å². The van der Waals surface area contributed by atoms with Gasteiger partial charge in [-0.2, -0.15) is 0 Å². The minimum absolute atomic E-state index is 0.0527. The van der Waals surface area contributed by atoms with E-state index in [1.165, 1.54) is 11.3 Å². The van der Waals surface area contributed by atoms with Crippen molar-refractivity contribution in [2.75, 3.05) is 0 Å². The summed E-state index contributed by atoms with van der Waals surface area (Å²) < 4.78 is 0.864. The topological polar surface area (TPSA) is 42.9 Å². The zero-order valence-electron chi connectivity index (χ0n) is 7.68. The monoisotopic (exact) mass is 282 g/mol. The Morgan fingerprint density at radius 1 is 1.53 bits per heavy atom. The summed E-state index contributed by atoms with van der Waals surface area (Å²) in [7, 11) is 0. The normalized spacial score (nSPS) is 10.2. The summed E-state index contributed by atoms with van der Waals surface area (Å²) in [5.74, 6) is 0.0527. The molecule has 2 rings (SSSR count). The number of aromatic nitrogens is 2. The van der Waals surface area contributed by atoms with Gasteiger partial charge >= 0.3 is 0 Å². The summed E-state index contributed by atoms with van der Waals surface area (Å²) in [5, 5.41) is 0. The number of rotatable bonds is 3. The van der Waals surface area contributed by atoms with Crippen molar-refractivity contribution in [3.05, 3.63) is 45.1 Å². The van der Waals surface area contributed by atoms with Crippen LogP contribution in [0.3, 0.4) is 0 Å². The lowest BCUT2D eigenvalue weighted by Crippen LogP contribution is -2.03. The Morgan fingerprint density at radius 2 is 2.40 bits per heavy atom. The fourth-order valence-corrected chi connectivity index (χ4v) is 2.10. The van der Waals surface area contributed by atoms with Crippen LogP contribution in [0.2, 0.25) is 0 Å². The van der Waals surface area contributed by atoms with E-state index in [-0.39, 0.29) is 5.78 Å². The number of thiazole rings is 1. The van der Waals surface area contributed by atoms with E-state index in [0.29, 0.717) is 11.3 Å². The number of pyridine rings is 1. The number of Topliss-reactive ketones (excluding diaryl/α,β-unsaturated/α-hetero) is 1. The fraction of sp³-hybridized carbons (Fsp3) is 0.100. The van der Waals surface area contributed by atoms with Crippen LogP contribution >= 0.6 is 27.3 Å². The Balaban J connectivity index is 2.17. The van der Waals surface area contributed by atoms with Crippen LogP contribution in [0.25, 0.3) is 0 Å². The Bertz CT molecular complexity index is 470. The second kappa shape index (κ2) is 4.63. The van der Waals surface area contributed by atoms with Crippen LogP contribution in [-0.2, 0) is 6.42 Å². The molecule has 0 saturated heterocycles. The molecular formula is C10H7BrN2OS. The molecule has 2 heterocycles. The molecule has 0 saturated carbocycles. The number of ketones is 1. The standard InChI is InChI=1S/C10H7BrN2OS/c11-7-2-1-3-13-8(7)4-9(14)10-5-12-6-15-10/h1-3,5-6H,4H2. The minimum atomic E-state index is 0.0527. The summed E-state index contributed by atoms with van der Waals surface area (Å²) in [6.45, 7) is 0. The maximum absolute atomic E-state index is 11.7. The van der Waals surface area contributed by atoms with Crippen LogP contribution in [0.15, 0.2) is 34.5 Å². The van der Waals surface area contributed by atoms with Gasteiger partial charge in [0.15, 0.2) is 5.78 Å².